The van der Waals surface area contributed by atoms with Crippen LogP contribution in [0.15, 0.2) is 0 Å². The van der Waals surface area contributed by atoms with Crippen LogP contribution < -0.4 is 5.32 Å². The number of hydrogen-bond donors (Lipinski definition) is 1. The van der Waals surface area contributed by atoms with E-state index < -0.39 is 0 Å². The number of hydrogen-bond acceptors (Lipinski definition) is 2. The molecule has 0 radical (unpaired) electrons. The van der Waals surface area contributed by atoms with Gasteiger partial charge in [0.2, 0.25) is 0 Å². The number of rotatable bonds is 7. The highest BCUT2D eigenvalue weighted by Gasteiger charge is 2.14. The Bertz CT molecular complexity index is 129. The molecule has 0 fully saturated rings. The van der Waals surface area contributed by atoms with Crippen LogP contribution in [0.25, 0.3) is 0 Å². The molecule has 0 aromatic heterocycles. The van der Waals surface area contributed by atoms with Crippen molar-refractivity contribution in [2.45, 2.75) is 40.5 Å². The molecule has 0 aliphatic heterocycles. The van der Waals surface area contributed by atoms with Gasteiger partial charge in [-0.05, 0) is 30.7 Å². The highest BCUT2D eigenvalue weighted by atomic mass is 16.5. The van der Waals surface area contributed by atoms with Gasteiger partial charge in [-0.2, -0.15) is 0 Å². The first-order chi connectivity index (χ1) is 6.45. The van der Waals surface area contributed by atoms with Gasteiger partial charge in [-0.3, -0.25) is 0 Å². The van der Waals surface area contributed by atoms with Gasteiger partial charge in [0.05, 0.1) is 6.61 Å². The zero-order valence-electron chi connectivity index (χ0n) is 10.5. The molecule has 0 aromatic rings. The molecule has 1 unspecified atom stereocenters. The summed E-state index contributed by atoms with van der Waals surface area (Å²) in [6.45, 7) is 12.2. The molecule has 0 aliphatic carbocycles. The van der Waals surface area contributed by atoms with Crippen LogP contribution in [0.1, 0.15) is 40.5 Å². The van der Waals surface area contributed by atoms with Crippen molar-refractivity contribution in [3.8, 4) is 0 Å². The summed E-state index contributed by atoms with van der Waals surface area (Å²) in [5, 5.41) is 3.38. The minimum Gasteiger partial charge on any atom is -0.383 e. The third-order valence-electron chi connectivity index (χ3n) is 2.26. The van der Waals surface area contributed by atoms with E-state index in [0.717, 1.165) is 25.6 Å². The second-order valence-corrected chi connectivity index (χ2v) is 5.40. The molecule has 1 atom stereocenters. The van der Waals surface area contributed by atoms with Crippen LogP contribution in [0.2, 0.25) is 0 Å². The molecule has 0 saturated carbocycles. The zero-order valence-corrected chi connectivity index (χ0v) is 10.5. The zero-order chi connectivity index (χ0) is 11.0. The van der Waals surface area contributed by atoms with Gasteiger partial charge in [0.25, 0.3) is 0 Å². The van der Waals surface area contributed by atoms with E-state index in [1.807, 2.05) is 0 Å². The molecule has 0 saturated heterocycles. The van der Waals surface area contributed by atoms with E-state index in [9.17, 15) is 0 Å². The van der Waals surface area contributed by atoms with Gasteiger partial charge < -0.3 is 10.1 Å². The van der Waals surface area contributed by atoms with Crippen molar-refractivity contribution >= 4 is 0 Å². The fraction of sp³-hybridized carbons (Fsp3) is 1.00. The third-order valence-corrected chi connectivity index (χ3v) is 2.26. The Labute approximate surface area is 89.4 Å². The van der Waals surface area contributed by atoms with Crippen molar-refractivity contribution in [1.29, 1.82) is 0 Å². The van der Waals surface area contributed by atoms with Crippen molar-refractivity contribution in [1.82, 2.24) is 5.32 Å². The first-order valence-corrected chi connectivity index (χ1v) is 5.65. The molecule has 2 heteroatoms. The standard InChI is InChI=1S/C12H27NO/c1-11(10-12(2,3)4)6-7-13-8-9-14-5/h11,13H,6-10H2,1-5H3. The van der Waals surface area contributed by atoms with Gasteiger partial charge in [0.15, 0.2) is 0 Å². The lowest BCUT2D eigenvalue weighted by Gasteiger charge is -2.23. The van der Waals surface area contributed by atoms with Gasteiger partial charge in [-0.25, -0.2) is 0 Å². The summed E-state index contributed by atoms with van der Waals surface area (Å²) in [7, 11) is 1.74. The Morgan fingerprint density at radius 2 is 1.86 bits per heavy atom. The molecular formula is C12H27NO. The highest BCUT2D eigenvalue weighted by molar-refractivity contribution is 4.67. The fourth-order valence-electron chi connectivity index (χ4n) is 1.80. The molecule has 0 aromatic carbocycles. The van der Waals surface area contributed by atoms with Crippen molar-refractivity contribution in [3.63, 3.8) is 0 Å². The van der Waals surface area contributed by atoms with Crippen LogP contribution in [0, 0.1) is 11.3 Å². The normalized spacial score (nSPS) is 14.4. The number of ether oxygens (including phenoxy) is 1. The first-order valence-electron chi connectivity index (χ1n) is 5.65. The summed E-state index contributed by atoms with van der Waals surface area (Å²) in [6.07, 6.45) is 2.57. The van der Waals surface area contributed by atoms with Crippen LogP contribution in [0.5, 0.6) is 0 Å². The lowest BCUT2D eigenvalue weighted by Crippen LogP contribution is -2.23. The van der Waals surface area contributed by atoms with Crippen LogP contribution in [0.3, 0.4) is 0 Å². The maximum Gasteiger partial charge on any atom is 0.0587 e. The molecule has 1 N–H and O–H groups in total. The average molecular weight is 201 g/mol. The summed E-state index contributed by atoms with van der Waals surface area (Å²) < 4.78 is 4.97. The van der Waals surface area contributed by atoms with Crippen LogP contribution in [-0.4, -0.2) is 26.8 Å². The quantitative estimate of drug-likeness (QED) is 0.639. The Kier molecular flexibility index (Phi) is 7.20. The Hall–Kier alpha value is -0.0800. The molecular weight excluding hydrogens is 174 g/mol. The molecule has 0 aliphatic rings. The predicted octanol–water partition coefficient (Wildman–Crippen LogP) is 2.68. The van der Waals surface area contributed by atoms with E-state index in [4.69, 9.17) is 4.74 Å². The SMILES string of the molecule is COCCNCCC(C)CC(C)(C)C. The Balaban J connectivity index is 3.31. The molecule has 0 bridgehead atoms. The summed E-state index contributed by atoms with van der Waals surface area (Å²) in [6, 6.07) is 0. The monoisotopic (exact) mass is 201 g/mol. The summed E-state index contributed by atoms with van der Waals surface area (Å²) >= 11 is 0. The molecule has 0 heterocycles. The molecule has 0 spiro atoms. The van der Waals surface area contributed by atoms with Gasteiger partial charge in [0, 0.05) is 13.7 Å². The molecule has 2 nitrogen and oxygen atoms in total. The van der Waals surface area contributed by atoms with Crippen molar-refractivity contribution in [2.24, 2.45) is 11.3 Å². The largest absolute Gasteiger partial charge is 0.383 e. The molecule has 0 rings (SSSR count). The van der Waals surface area contributed by atoms with Crippen molar-refractivity contribution < 1.29 is 4.74 Å². The second kappa shape index (κ2) is 7.24. The molecule has 86 valence electrons. The minimum atomic E-state index is 0.464. The summed E-state index contributed by atoms with van der Waals surface area (Å²) in [5.41, 5.74) is 0.464. The van der Waals surface area contributed by atoms with E-state index in [1.54, 1.807) is 7.11 Å². The van der Waals surface area contributed by atoms with E-state index in [0.29, 0.717) is 5.41 Å². The summed E-state index contributed by atoms with van der Waals surface area (Å²) in [5.74, 6) is 0.810. The maximum absolute atomic E-state index is 4.97. The Morgan fingerprint density at radius 1 is 1.21 bits per heavy atom. The Morgan fingerprint density at radius 3 is 2.36 bits per heavy atom. The predicted molar refractivity (Wildman–Crippen MR) is 62.6 cm³/mol. The molecule has 0 amide bonds. The van der Waals surface area contributed by atoms with Crippen molar-refractivity contribution in [3.05, 3.63) is 0 Å². The van der Waals surface area contributed by atoms with E-state index in [1.165, 1.54) is 12.8 Å². The fourth-order valence-corrected chi connectivity index (χ4v) is 1.80. The van der Waals surface area contributed by atoms with Crippen molar-refractivity contribution in [2.75, 3.05) is 26.8 Å². The lowest BCUT2D eigenvalue weighted by atomic mass is 9.84. The van der Waals surface area contributed by atoms with Crippen LogP contribution >= 0.6 is 0 Å². The van der Waals surface area contributed by atoms with Gasteiger partial charge >= 0.3 is 0 Å². The summed E-state index contributed by atoms with van der Waals surface area (Å²) in [4.78, 5) is 0. The second-order valence-electron chi connectivity index (χ2n) is 5.40. The van der Waals surface area contributed by atoms with E-state index >= 15 is 0 Å². The van der Waals surface area contributed by atoms with Gasteiger partial charge in [0.1, 0.15) is 0 Å². The smallest absolute Gasteiger partial charge is 0.0587 e. The first kappa shape index (κ1) is 13.9. The highest BCUT2D eigenvalue weighted by Crippen LogP contribution is 2.25. The third kappa shape index (κ3) is 10.0. The van der Waals surface area contributed by atoms with E-state index in [2.05, 4.69) is 33.0 Å². The number of methoxy groups -OCH3 is 1. The number of nitrogens with one attached hydrogen (secondary N) is 1. The van der Waals surface area contributed by atoms with Crippen LogP contribution in [0.4, 0.5) is 0 Å². The topological polar surface area (TPSA) is 21.3 Å². The van der Waals surface area contributed by atoms with Gasteiger partial charge in [-0.15, -0.1) is 0 Å². The van der Waals surface area contributed by atoms with Gasteiger partial charge in [-0.1, -0.05) is 27.7 Å². The maximum atomic E-state index is 4.97. The van der Waals surface area contributed by atoms with E-state index in [-0.39, 0.29) is 0 Å². The van der Waals surface area contributed by atoms with Crippen LogP contribution in [-0.2, 0) is 4.74 Å². The minimum absolute atomic E-state index is 0.464. The average Bonchev–Trinajstić information content (AvgIpc) is 2.00. The molecule has 14 heavy (non-hydrogen) atoms. The lowest BCUT2D eigenvalue weighted by molar-refractivity contribution is 0.198.